The third-order valence-corrected chi connectivity index (χ3v) is 10.0. The number of carbonyl (C=O) groups is 4. The van der Waals surface area contributed by atoms with Crippen LogP contribution in [0.3, 0.4) is 0 Å². The van der Waals surface area contributed by atoms with Crippen molar-refractivity contribution in [2.75, 3.05) is 98.9 Å². The summed E-state index contributed by atoms with van der Waals surface area (Å²) in [7, 11) is -4.17. The molecule has 328 valence electrons. The molecule has 0 radical (unpaired) electrons. The van der Waals surface area contributed by atoms with Gasteiger partial charge in [0.25, 0.3) is 5.91 Å². The van der Waals surface area contributed by atoms with E-state index in [-0.39, 0.29) is 147 Å². The predicted octanol–water partition coefficient (Wildman–Crippen LogP) is 1.82. The minimum absolute atomic E-state index is 0.0148. The summed E-state index contributed by atoms with van der Waals surface area (Å²) in [6.07, 6.45) is 15.2. The van der Waals surface area contributed by atoms with E-state index in [0.717, 1.165) is 0 Å². The molecular weight excluding hydrogens is 787 g/mol. The number of ether oxygens (including phenoxy) is 6. The molecule has 0 heterocycles. The Labute approximate surface area is 348 Å². The normalized spacial score (nSPS) is 12.0. The number of carbonyl (C=O) groups excluding carboxylic acids is 4. The zero-order chi connectivity index (χ0) is 43.6. The molecule has 1 aromatic rings. The second kappa shape index (κ2) is 32.4. The largest absolute Gasteiger partial charge is 0.423 e. The molecule has 1 rings (SSSR count). The smallest absolute Gasteiger partial charge is 0.379 e. The van der Waals surface area contributed by atoms with Crippen molar-refractivity contribution in [2.45, 2.75) is 63.6 Å². The first kappa shape index (κ1) is 52.5. The summed E-state index contributed by atoms with van der Waals surface area (Å²) in [6, 6.07) is 5.93. The third-order valence-electron chi connectivity index (χ3n) is 8.26. The van der Waals surface area contributed by atoms with Crippen molar-refractivity contribution in [3.8, 4) is 42.8 Å². The lowest BCUT2D eigenvalue weighted by Crippen LogP contribution is -2.50. The number of hydrogen-bond donors (Lipinski definition) is 5. The average Bonchev–Trinajstić information content (AvgIpc) is 3.21. The van der Waals surface area contributed by atoms with Gasteiger partial charge in [0.2, 0.25) is 17.7 Å². The first-order chi connectivity index (χ1) is 28.4. The lowest BCUT2D eigenvalue weighted by atomic mass is 9.82. The van der Waals surface area contributed by atoms with Gasteiger partial charge in [-0.05, 0) is 31.4 Å². The van der Waals surface area contributed by atoms with E-state index < -0.39 is 24.7 Å². The summed E-state index contributed by atoms with van der Waals surface area (Å²) < 4.78 is 50.2. The molecule has 0 fully saturated rings. The van der Waals surface area contributed by atoms with Crippen LogP contribution in [0.1, 0.15) is 62.7 Å². The monoisotopic (exact) mass is 848 g/mol. The van der Waals surface area contributed by atoms with Crippen molar-refractivity contribution in [2.24, 2.45) is 0 Å². The highest BCUT2D eigenvalue weighted by Crippen LogP contribution is 2.48. The predicted molar refractivity (Wildman–Crippen MR) is 220 cm³/mol. The van der Waals surface area contributed by atoms with Crippen LogP contribution in [-0.2, 0) is 47.4 Å². The maximum Gasteiger partial charge on any atom is 0.379 e. The lowest BCUT2D eigenvalue weighted by Gasteiger charge is -2.35. The van der Waals surface area contributed by atoms with Gasteiger partial charge >= 0.3 is 7.60 Å². The molecule has 18 heteroatoms. The molecule has 0 aliphatic carbocycles. The minimum Gasteiger partial charge on any atom is -0.423 e. The molecule has 0 bridgehead atoms. The molecule has 1 aromatic carbocycles. The quantitative estimate of drug-likeness (QED) is 0.0375. The summed E-state index contributed by atoms with van der Waals surface area (Å²) in [5.74, 6) is 5.15. The Morgan fingerprint density at radius 3 is 1.39 bits per heavy atom. The number of amides is 4. The van der Waals surface area contributed by atoms with E-state index in [2.05, 4.69) is 39.0 Å². The van der Waals surface area contributed by atoms with Gasteiger partial charge in [-0.1, -0.05) is 43.7 Å². The fraction of sp³-hybridized carbons (Fsp3) is 0.610. The summed E-state index contributed by atoms with van der Waals surface area (Å²) in [5, 5.41) is 11.3. The second-order valence-electron chi connectivity index (χ2n) is 13.1. The van der Waals surface area contributed by atoms with E-state index >= 15 is 0 Å². The van der Waals surface area contributed by atoms with Crippen molar-refractivity contribution in [3.05, 3.63) is 29.8 Å². The van der Waals surface area contributed by atoms with Gasteiger partial charge < -0.3 is 59.1 Å². The van der Waals surface area contributed by atoms with E-state index in [1.165, 1.54) is 26.0 Å². The Morgan fingerprint density at radius 2 is 1.02 bits per heavy atom. The Morgan fingerprint density at radius 1 is 0.644 bits per heavy atom. The minimum atomic E-state index is -4.17. The molecule has 0 spiro atoms. The summed E-state index contributed by atoms with van der Waals surface area (Å²) in [4.78, 5) is 63.9. The van der Waals surface area contributed by atoms with Crippen LogP contribution in [0.2, 0.25) is 0 Å². The van der Waals surface area contributed by atoms with Gasteiger partial charge in [-0.25, -0.2) is 4.57 Å². The van der Waals surface area contributed by atoms with E-state index in [4.69, 9.17) is 52.2 Å². The SMILES string of the molecule is C#CCOCCOCCNC(=O)CCC(CCC(=O)NCCOCCOCC#C)(CCC(=O)NCCOCCOCC#C)NC(=O)c1ccccc1OP(=O)(O)C(C)C. The number of nitrogens with one attached hydrogen (secondary N) is 4. The highest BCUT2D eigenvalue weighted by Gasteiger charge is 2.35. The van der Waals surface area contributed by atoms with Crippen molar-refractivity contribution in [1.29, 1.82) is 0 Å². The average molecular weight is 849 g/mol. The number of terminal acetylenes is 3. The Bertz CT molecular complexity index is 1460. The molecule has 4 amide bonds. The molecule has 59 heavy (non-hydrogen) atoms. The van der Waals surface area contributed by atoms with E-state index in [0.29, 0.717) is 19.8 Å². The summed E-state index contributed by atoms with van der Waals surface area (Å²) >= 11 is 0. The van der Waals surface area contributed by atoms with Crippen LogP contribution in [0, 0.1) is 37.0 Å². The highest BCUT2D eigenvalue weighted by atomic mass is 31.2. The van der Waals surface area contributed by atoms with E-state index in [1.807, 2.05) is 0 Å². The molecule has 1 unspecified atom stereocenters. The Balaban J connectivity index is 3.22. The van der Waals surface area contributed by atoms with E-state index in [1.54, 1.807) is 12.1 Å². The molecular formula is C41H61N4O13P. The van der Waals surface area contributed by atoms with Crippen molar-refractivity contribution in [3.63, 3.8) is 0 Å². The van der Waals surface area contributed by atoms with Crippen LogP contribution in [0.5, 0.6) is 5.75 Å². The van der Waals surface area contributed by atoms with Crippen molar-refractivity contribution < 1.29 is 61.6 Å². The number of benzene rings is 1. The fourth-order valence-electron chi connectivity index (χ4n) is 5.02. The zero-order valence-corrected chi connectivity index (χ0v) is 35.2. The highest BCUT2D eigenvalue weighted by molar-refractivity contribution is 7.54. The fourth-order valence-corrected chi connectivity index (χ4v) is 5.67. The molecule has 5 N–H and O–H groups in total. The van der Waals surface area contributed by atoms with Crippen LogP contribution in [0.15, 0.2) is 24.3 Å². The standard InChI is InChI=1S/C41H61N4O13P/c1-6-22-52-28-31-55-25-19-42-37(46)13-16-41(17-14-38(47)43-20-26-56-32-29-53-23-7-2,18-15-39(48)44-21-27-57-33-30-54-24-8-3)45-40(49)35-11-9-10-12-36(35)58-59(50,51)34(4)5/h1-3,9-12,34H,13-33H2,4-5H3,(H,42,46)(H,43,47)(H,44,48)(H,45,49)(H,50,51). The summed E-state index contributed by atoms with van der Waals surface area (Å²) in [5.41, 5.74) is -2.13. The van der Waals surface area contributed by atoms with E-state index in [9.17, 15) is 28.6 Å². The molecule has 0 aliphatic heterocycles. The molecule has 0 saturated carbocycles. The third kappa shape index (κ3) is 25.6. The molecule has 1 atom stereocenters. The van der Waals surface area contributed by atoms with Crippen molar-refractivity contribution in [1.82, 2.24) is 21.3 Å². The van der Waals surface area contributed by atoms with Gasteiger partial charge in [-0.2, -0.15) is 0 Å². The van der Waals surface area contributed by atoms with Crippen molar-refractivity contribution >= 4 is 31.2 Å². The maximum atomic E-state index is 14.1. The first-order valence-electron chi connectivity index (χ1n) is 19.4. The summed E-state index contributed by atoms with van der Waals surface area (Å²) in [6.45, 7) is 6.46. The van der Waals surface area contributed by atoms with Gasteiger partial charge in [0.05, 0.1) is 70.7 Å². The van der Waals surface area contributed by atoms with Gasteiger partial charge in [-0.15, -0.1) is 19.3 Å². The molecule has 0 aliphatic rings. The van der Waals surface area contributed by atoms with Crippen LogP contribution >= 0.6 is 7.60 Å². The van der Waals surface area contributed by atoms with Crippen LogP contribution in [0.4, 0.5) is 0 Å². The number of para-hydroxylation sites is 1. The Hall–Kier alpha value is -4.47. The van der Waals surface area contributed by atoms with Gasteiger partial charge in [0, 0.05) is 44.4 Å². The molecule has 0 saturated heterocycles. The van der Waals surface area contributed by atoms with Gasteiger partial charge in [0.15, 0.2) is 0 Å². The maximum absolute atomic E-state index is 14.1. The van der Waals surface area contributed by atoms with Crippen LogP contribution in [-0.4, -0.2) is 139 Å². The zero-order valence-electron chi connectivity index (χ0n) is 34.3. The lowest BCUT2D eigenvalue weighted by molar-refractivity contribution is -0.121. The van der Waals surface area contributed by atoms with Crippen LogP contribution in [0.25, 0.3) is 0 Å². The second-order valence-corrected chi connectivity index (χ2v) is 15.5. The first-order valence-corrected chi connectivity index (χ1v) is 21.0. The van der Waals surface area contributed by atoms with Gasteiger partial charge in [0.1, 0.15) is 25.6 Å². The Kier molecular flexibility index (Phi) is 28.8. The molecule has 0 aromatic heterocycles. The van der Waals surface area contributed by atoms with Gasteiger partial charge in [-0.3, -0.25) is 19.2 Å². The molecule has 17 nitrogen and oxygen atoms in total. The topological polar surface area (TPSA) is 218 Å². The van der Waals surface area contributed by atoms with Crippen LogP contribution < -0.4 is 25.8 Å². The number of hydrogen-bond acceptors (Lipinski definition) is 12. The number of rotatable bonds is 35.